The molecule has 0 spiro atoms. The van der Waals surface area contributed by atoms with Crippen molar-refractivity contribution in [1.29, 1.82) is 0 Å². The van der Waals surface area contributed by atoms with Crippen molar-refractivity contribution < 1.29 is 14.1 Å². The molecule has 150 valence electrons. The minimum Gasteiger partial charge on any atom is -0.496 e. The van der Waals surface area contributed by atoms with Crippen LogP contribution in [0.5, 0.6) is 5.75 Å². The second-order valence-electron chi connectivity index (χ2n) is 6.77. The first-order chi connectivity index (χ1) is 14.2. The minimum absolute atomic E-state index is 0.0997. The Bertz CT molecular complexity index is 952. The number of carbonyl (C=O) groups excluding carboxylic acids is 1. The Labute approximate surface area is 169 Å². The summed E-state index contributed by atoms with van der Waals surface area (Å²) in [7, 11) is 1.60. The number of anilines is 1. The predicted octanol–water partition coefficient (Wildman–Crippen LogP) is 2.42. The van der Waals surface area contributed by atoms with Gasteiger partial charge in [0.15, 0.2) is 0 Å². The second kappa shape index (κ2) is 8.72. The number of hydrogen-bond donors (Lipinski definition) is 0. The molecule has 0 atom stereocenters. The van der Waals surface area contributed by atoms with Crippen LogP contribution in [0.15, 0.2) is 53.2 Å². The van der Waals surface area contributed by atoms with Crippen LogP contribution in [0.3, 0.4) is 0 Å². The Balaban J connectivity index is 1.30. The molecule has 29 heavy (non-hydrogen) atoms. The second-order valence-corrected chi connectivity index (χ2v) is 6.77. The maximum absolute atomic E-state index is 12.6. The molecule has 0 N–H and O–H groups in total. The Morgan fingerprint density at radius 1 is 1.10 bits per heavy atom. The van der Waals surface area contributed by atoms with Gasteiger partial charge in [0.2, 0.25) is 17.6 Å². The molecule has 1 aliphatic rings. The highest BCUT2D eigenvalue weighted by Gasteiger charge is 2.22. The lowest BCUT2D eigenvalue weighted by atomic mass is 10.2. The van der Waals surface area contributed by atoms with Crippen molar-refractivity contribution in [3.8, 4) is 17.1 Å². The topological polar surface area (TPSA) is 84.6 Å². The van der Waals surface area contributed by atoms with Crippen molar-refractivity contribution in [2.75, 3.05) is 38.2 Å². The number of amides is 1. The molecular weight excluding hydrogens is 370 g/mol. The zero-order valence-corrected chi connectivity index (χ0v) is 16.3. The Kier molecular flexibility index (Phi) is 5.69. The van der Waals surface area contributed by atoms with E-state index in [4.69, 9.17) is 9.26 Å². The summed E-state index contributed by atoms with van der Waals surface area (Å²) in [6.07, 6.45) is 2.55. The number of benzene rings is 1. The number of aryl methyl sites for hydroxylation is 1. The number of hydrogen-bond acceptors (Lipinski definition) is 7. The molecule has 3 heterocycles. The van der Waals surface area contributed by atoms with Gasteiger partial charge in [-0.25, -0.2) is 4.98 Å². The molecular formula is C21H23N5O3. The quantitative estimate of drug-likeness (QED) is 0.636. The number of rotatable bonds is 6. The van der Waals surface area contributed by atoms with Crippen molar-refractivity contribution >= 4 is 11.7 Å². The molecule has 1 amide bonds. The molecule has 4 rings (SSSR count). The Morgan fingerprint density at radius 3 is 2.66 bits per heavy atom. The summed E-state index contributed by atoms with van der Waals surface area (Å²) < 4.78 is 10.7. The van der Waals surface area contributed by atoms with E-state index in [2.05, 4.69) is 20.0 Å². The fourth-order valence-electron chi connectivity index (χ4n) is 3.39. The molecule has 1 fully saturated rings. The molecule has 0 unspecified atom stereocenters. The van der Waals surface area contributed by atoms with Gasteiger partial charge in [0.1, 0.15) is 11.6 Å². The van der Waals surface area contributed by atoms with Crippen molar-refractivity contribution in [2.24, 2.45) is 0 Å². The third-order valence-electron chi connectivity index (χ3n) is 4.97. The van der Waals surface area contributed by atoms with Gasteiger partial charge >= 0.3 is 0 Å². The standard InChI is InChI=1S/C21H23N5O3/c1-28-17-7-3-2-6-16(17)21-23-19(29-24-21)9-10-20(27)26-14-12-25(13-15-26)18-8-4-5-11-22-18/h2-8,11H,9-10,12-15H2,1H3. The van der Waals surface area contributed by atoms with Crippen LogP contribution in [-0.4, -0.2) is 59.2 Å². The van der Waals surface area contributed by atoms with Crippen molar-refractivity contribution in [2.45, 2.75) is 12.8 Å². The van der Waals surface area contributed by atoms with Crippen LogP contribution in [0.1, 0.15) is 12.3 Å². The number of pyridine rings is 1. The molecule has 1 aromatic carbocycles. The molecule has 1 aliphatic heterocycles. The molecule has 3 aromatic rings. The van der Waals surface area contributed by atoms with Crippen LogP contribution in [0.25, 0.3) is 11.4 Å². The first-order valence-corrected chi connectivity index (χ1v) is 9.64. The molecule has 0 radical (unpaired) electrons. The number of carbonyl (C=O) groups is 1. The first-order valence-electron chi connectivity index (χ1n) is 9.64. The molecule has 0 aliphatic carbocycles. The Hall–Kier alpha value is -3.42. The van der Waals surface area contributed by atoms with Crippen LogP contribution >= 0.6 is 0 Å². The third kappa shape index (κ3) is 4.37. The summed E-state index contributed by atoms with van der Waals surface area (Å²) in [6.45, 7) is 2.93. The summed E-state index contributed by atoms with van der Waals surface area (Å²) in [4.78, 5) is 25.4. The van der Waals surface area contributed by atoms with Gasteiger partial charge in [0, 0.05) is 45.2 Å². The van der Waals surface area contributed by atoms with E-state index in [-0.39, 0.29) is 5.91 Å². The fraction of sp³-hybridized carbons (Fsp3) is 0.333. The van der Waals surface area contributed by atoms with E-state index in [0.29, 0.717) is 43.4 Å². The zero-order valence-electron chi connectivity index (χ0n) is 16.3. The summed E-state index contributed by atoms with van der Waals surface area (Å²) >= 11 is 0. The van der Waals surface area contributed by atoms with Crippen LogP contribution in [0.2, 0.25) is 0 Å². The van der Waals surface area contributed by atoms with Crippen molar-refractivity contribution in [1.82, 2.24) is 20.0 Å². The number of para-hydroxylation sites is 1. The molecule has 2 aromatic heterocycles. The molecule has 8 nitrogen and oxygen atoms in total. The highest BCUT2D eigenvalue weighted by molar-refractivity contribution is 5.76. The van der Waals surface area contributed by atoms with Gasteiger partial charge in [-0.05, 0) is 24.3 Å². The van der Waals surface area contributed by atoms with Crippen molar-refractivity contribution in [3.05, 3.63) is 54.6 Å². The van der Waals surface area contributed by atoms with Crippen LogP contribution in [-0.2, 0) is 11.2 Å². The summed E-state index contributed by atoms with van der Waals surface area (Å²) in [5, 5.41) is 4.02. The smallest absolute Gasteiger partial charge is 0.227 e. The Morgan fingerprint density at radius 2 is 1.90 bits per heavy atom. The average molecular weight is 393 g/mol. The fourth-order valence-corrected chi connectivity index (χ4v) is 3.39. The van der Waals surface area contributed by atoms with E-state index < -0.39 is 0 Å². The molecule has 0 bridgehead atoms. The predicted molar refractivity (Wildman–Crippen MR) is 108 cm³/mol. The summed E-state index contributed by atoms with van der Waals surface area (Å²) in [5.74, 6) is 2.65. The van der Waals surface area contributed by atoms with Crippen LogP contribution in [0.4, 0.5) is 5.82 Å². The SMILES string of the molecule is COc1ccccc1-c1noc(CCC(=O)N2CCN(c3ccccn3)CC2)n1. The normalized spacial score (nSPS) is 14.1. The van der Waals surface area contributed by atoms with Gasteiger partial charge in [-0.15, -0.1) is 0 Å². The van der Waals surface area contributed by atoms with E-state index in [0.717, 1.165) is 24.5 Å². The monoisotopic (exact) mass is 393 g/mol. The van der Waals surface area contributed by atoms with E-state index in [1.807, 2.05) is 47.4 Å². The van der Waals surface area contributed by atoms with Crippen LogP contribution in [0, 0.1) is 0 Å². The maximum Gasteiger partial charge on any atom is 0.227 e. The number of ether oxygens (including phenoxy) is 1. The lowest BCUT2D eigenvalue weighted by molar-refractivity contribution is -0.131. The molecule has 0 saturated carbocycles. The lowest BCUT2D eigenvalue weighted by Crippen LogP contribution is -2.49. The van der Waals surface area contributed by atoms with Gasteiger partial charge in [-0.3, -0.25) is 4.79 Å². The largest absolute Gasteiger partial charge is 0.496 e. The molecule has 1 saturated heterocycles. The summed E-state index contributed by atoms with van der Waals surface area (Å²) in [6, 6.07) is 13.4. The van der Waals surface area contributed by atoms with E-state index in [1.54, 1.807) is 13.3 Å². The number of methoxy groups -OCH3 is 1. The lowest BCUT2D eigenvalue weighted by Gasteiger charge is -2.35. The van der Waals surface area contributed by atoms with E-state index in [1.165, 1.54) is 0 Å². The van der Waals surface area contributed by atoms with Crippen molar-refractivity contribution in [3.63, 3.8) is 0 Å². The van der Waals surface area contributed by atoms with Crippen LogP contribution < -0.4 is 9.64 Å². The third-order valence-corrected chi connectivity index (χ3v) is 4.97. The highest BCUT2D eigenvalue weighted by Crippen LogP contribution is 2.27. The zero-order chi connectivity index (χ0) is 20.1. The minimum atomic E-state index is 0.0997. The maximum atomic E-state index is 12.6. The number of piperazine rings is 1. The van der Waals surface area contributed by atoms with Gasteiger partial charge in [-0.1, -0.05) is 23.4 Å². The van der Waals surface area contributed by atoms with Gasteiger partial charge < -0.3 is 19.1 Å². The highest BCUT2D eigenvalue weighted by atomic mass is 16.5. The summed E-state index contributed by atoms with van der Waals surface area (Å²) in [5.41, 5.74) is 0.766. The first kappa shape index (κ1) is 18.9. The number of aromatic nitrogens is 3. The van der Waals surface area contributed by atoms with Gasteiger partial charge in [0.05, 0.1) is 12.7 Å². The van der Waals surface area contributed by atoms with E-state index >= 15 is 0 Å². The van der Waals surface area contributed by atoms with Gasteiger partial charge in [0.25, 0.3) is 0 Å². The van der Waals surface area contributed by atoms with E-state index in [9.17, 15) is 4.79 Å². The molecule has 8 heteroatoms. The number of nitrogens with zero attached hydrogens (tertiary/aromatic N) is 5. The average Bonchev–Trinajstić information content (AvgIpc) is 3.27. The van der Waals surface area contributed by atoms with Gasteiger partial charge in [-0.2, -0.15) is 4.98 Å².